The van der Waals surface area contributed by atoms with Crippen molar-refractivity contribution in [2.45, 2.75) is 52.6 Å². The molecule has 1 aliphatic heterocycles. The monoisotopic (exact) mass is 263 g/mol. The molecule has 2 heteroatoms. The molecule has 1 aliphatic rings. The predicted molar refractivity (Wildman–Crippen MR) is 82.6 cm³/mol. The third-order valence-electron chi connectivity index (χ3n) is 3.88. The molecule has 0 bridgehead atoms. The van der Waals surface area contributed by atoms with Crippen LogP contribution in [0.3, 0.4) is 0 Å². The Balaban J connectivity index is 2.10. The van der Waals surface area contributed by atoms with E-state index in [0.29, 0.717) is 12.1 Å². The number of aryl methyl sites for hydroxylation is 3. The quantitative estimate of drug-likeness (QED) is 0.879. The molecule has 2 rings (SSSR count). The van der Waals surface area contributed by atoms with Gasteiger partial charge in [0.2, 0.25) is 0 Å². The van der Waals surface area contributed by atoms with Crippen LogP contribution in [0.1, 0.15) is 48.1 Å². The van der Waals surface area contributed by atoms with Gasteiger partial charge in [0.15, 0.2) is 0 Å². The molecule has 1 unspecified atom stereocenters. The lowest BCUT2D eigenvalue weighted by Crippen LogP contribution is -2.35. The fourth-order valence-corrected chi connectivity index (χ4v) is 4.28. The van der Waals surface area contributed by atoms with Gasteiger partial charge in [0.05, 0.1) is 0 Å². The zero-order valence-electron chi connectivity index (χ0n) is 12.0. The first-order chi connectivity index (χ1) is 8.58. The molecule has 1 aromatic rings. The van der Waals surface area contributed by atoms with Crippen molar-refractivity contribution < 1.29 is 0 Å². The number of nitrogens with one attached hydrogen (secondary N) is 1. The van der Waals surface area contributed by atoms with Gasteiger partial charge < -0.3 is 5.32 Å². The summed E-state index contributed by atoms with van der Waals surface area (Å²) in [6.45, 7) is 8.97. The van der Waals surface area contributed by atoms with Crippen molar-refractivity contribution in [3.05, 3.63) is 34.4 Å². The summed E-state index contributed by atoms with van der Waals surface area (Å²) in [6.07, 6.45) is 2.64. The van der Waals surface area contributed by atoms with Crippen LogP contribution in [0.25, 0.3) is 0 Å². The number of hydrogen-bond donors (Lipinski definition) is 1. The molecule has 0 spiro atoms. The predicted octanol–water partition coefficient (Wildman–Crippen LogP) is 4.16. The molecule has 1 heterocycles. The molecule has 0 saturated carbocycles. The van der Waals surface area contributed by atoms with Gasteiger partial charge >= 0.3 is 0 Å². The van der Waals surface area contributed by atoms with Crippen LogP contribution in [0.5, 0.6) is 0 Å². The van der Waals surface area contributed by atoms with Crippen LogP contribution >= 0.6 is 11.8 Å². The maximum atomic E-state index is 3.82. The van der Waals surface area contributed by atoms with Gasteiger partial charge in [-0.05, 0) is 68.7 Å². The highest BCUT2D eigenvalue weighted by Crippen LogP contribution is 2.26. The van der Waals surface area contributed by atoms with Crippen molar-refractivity contribution in [2.24, 2.45) is 0 Å². The van der Waals surface area contributed by atoms with Crippen molar-refractivity contribution in [1.29, 1.82) is 0 Å². The van der Waals surface area contributed by atoms with Crippen LogP contribution in [0.2, 0.25) is 0 Å². The molecular formula is C16H25NS. The number of benzene rings is 1. The first kappa shape index (κ1) is 14.0. The lowest BCUT2D eigenvalue weighted by Gasteiger charge is -2.28. The van der Waals surface area contributed by atoms with E-state index in [4.69, 9.17) is 0 Å². The van der Waals surface area contributed by atoms with E-state index < -0.39 is 0 Å². The summed E-state index contributed by atoms with van der Waals surface area (Å²) < 4.78 is 0. The Morgan fingerprint density at radius 2 is 1.67 bits per heavy atom. The van der Waals surface area contributed by atoms with Crippen molar-refractivity contribution in [1.82, 2.24) is 5.32 Å². The van der Waals surface area contributed by atoms with Crippen molar-refractivity contribution in [2.75, 3.05) is 11.5 Å². The molecule has 18 heavy (non-hydrogen) atoms. The smallest absolute Gasteiger partial charge is 0.0299 e. The minimum atomic E-state index is 0.471. The van der Waals surface area contributed by atoms with E-state index >= 15 is 0 Å². The molecule has 0 aliphatic carbocycles. The normalized spacial score (nSPS) is 18.9. The fourth-order valence-electron chi connectivity index (χ4n) is 3.18. The van der Waals surface area contributed by atoms with E-state index in [1.165, 1.54) is 46.6 Å². The Morgan fingerprint density at radius 3 is 2.22 bits per heavy atom. The van der Waals surface area contributed by atoms with Crippen molar-refractivity contribution >= 4 is 11.8 Å². The average molecular weight is 263 g/mol. The third-order valence-corrected chi connectivity index (χ3v) is 4.93. The first-order valence-corrected chi connectivity index (χ1v) is 8.15. The van der Waals surface area contributed by atoms with Crippen LogP contribution in [0.15, 0.2) is 12.1 Å². The molecule has 1 fully saturated rings. The maximum Gasteiger partial charge on any atom is 0.0299 e. The van der Waals surface area contributed by atoms with Crippen LogP contribution in [0.4, 0.5) is 0 Å². The first-order valence-electron chi connectivity index (χ1n) is 6.99. The second-order valence-corrected chi connectivity index (χ2v) is 6.81. The summed E-state index contributed by atoms with van der Waals surface area (Å²) >= 11 is 2.09. The molecule has 0 aromatic heterocycles. The average Bonchev–Trinajstić information content (AvgIpc) is 2.28. The van der Waals surface area contributed by atoms with Gasteiger partial charge in [-0.3, -0.25) is 0 Å². The number of hydrogen-bond acceptors (Lipinski definition) is 2. The van der Waals surface area contributed by atoms with E-state index in [1.807, 2.05) is 0 Å². The molecule has 1 atom stereocenters. The Bertz CT molecular complexity index is 385. The topological polar surface area (TPSA) is 12.0 Å². The zero-order chi connectivity index (χ0) is 13.1. The summed E-state index contributed by atoms with van der Waals surface area (Å²) in [4.78, 5) is 0. The maximum absolute atomic E-state index is 3.82. The summed E-state index contributed by atoms with van der Waals surface area (Å²) in [5.74, 6) is 2.63. The van der Waals surface area contributed by atoms with Gasteiger partial charge in [-0.25, -0.2) is 0 Å². The van der Waals surface area contributed by atoms with Gasteiger partial charge in [-0.2, -0.15) is 11.8 Å². The van der Waals surface area contributed by atoms with Crippen LogP contribution in [-0.4, -0.2) is 17.5 Å². The Labute approximate surface area is 116 Å². The number of rotatable bonds is 3. The second kappa shape index (κ2) is 6.12. The molecule has 0 amide bonds. The lowest BCUT2D eigenvalue weighted by atomic mass is 9.94. The lowest BCUT2D eigenvalue weighted by molar-refractivity contribution is 0.429. The van der Waals surface area contributed by atoms with Gasteiger partial charge in [0, 0.05) is 12.1 Å². The molecule has 1 saturated heterocycles. The van der Waals surface area contributed by atoms with Crippen molar-refractivity contribution in [3.63, 3.8) is 0 Å². The summed E-state index contributed by atoms with van der Waals surface area (Å²) in [5, 5.41) is 3.82. The SMILES string of the molecule is Cc1cc(C)c(C(C)NC2CCSCC2)c(C)c1. The fraction of sp³-hybridized carbons (Fsp3) is 0.625. The summed E-state index contributed by atoms with van der Waals surface area (Å²) in [7, 11) is 0. The molecular weight excluding hydrogens is 238 g/mol. The minimum absolute atomic E-state index is 0.471. The minimum Gasteiger partial charge on any atom is -0.307 e. The molecule has 0 radical (unpaired) electrons. The van der Waals surface area contributed by atoms with E-state index in [0.717, 1.165) is 0 Å². The molecule has 1 aromatic carbocycles. The second-order valence-electron chi connectivity index (χ2n) is 5.59. The summed E-state index contributed by atoms with van der Waals surface area (Å²) in [5.41, 5.74) is 5.73. The Hall–Kier alpha value is -0.470. The third kappa shape index (κ3) is 3.30. The van der Waals surface area contributed by atoms with E-state index in [2.05, 4.69) is 56.9 Å². The van der Waals surface area contributed by atoms with Gasteiger partial charge in [0.1, 0.15) is 0 Å². The van der Waals surface area contributed by atoms with Gasteiger partial charge in [0.25, 0.3) is 0 Å². The molecule has 1 nitrogen and oxygen atoms in total. The van der Waals surface area contributed by atoms with Crippen LogP contribution in [0, 0.1) is 20.8 Å². The van der Waals surface area contributed by atoms with E-state index in [1.54, 1.807) is 0 Å². The van der Waals surface area contributed by atoms with Crippen molar-refractivity contribution in [3.8, 4) is 0 Å². The van der Waals surface area contributed by atoms with E-state index in [9.17, 15) is 0 Å². The van der Waals surface area contributed by atoms with Gasteiger partial charge in [-0.1, -0.05) is 17.7 Å². The van der Waals surface area contributed by atoms with E-state index in [-0.39, 0.29) is 0 Å². The van der Waals surface area contributed by atoms with Gasteiger partial charge in [-0.15, -0.1) is 0 Å². The highest BCUT2D eigenvalue weighted by molar-refractivity contribution is 7.99. The highest BCUT2D eigenvalue weighted by Gasteiger charge is 2.18. The molecule has 1 N–H and O–H groups in total. The highest BCUT2D eigenvalue weighted by atomic mass is 32.2. The van der Waals surface area contributed by atoms with Crippen LogP contribution < -0.4 is 5.32 Å². The Kier molecular flexibility index (Phi) is 4.74. The summed E-state index contributed by atoms with van der Waals surface area (Å²) in [6, 6.07) is 5.79. The standard InChI is InChI=1S/C16H25NS/c1-11-9-12(2)16(13(3)10-11)14(4)17-15-5-7-18-8-6-15/h9-10,14-15,17H,5-8H2,1-4H3. The zero-order valence-corrected chi connectivity index (χ0v) is 12.9. The molecule has 100 valence electrons. The largest absolute Gasteiger partial charge is 0.307 e. The van der Waals surface area contributed by atoms with Crippen LogP contribution in [-0.2, 0) is 0 Å². The number of thioether (sulfide) groups is 1. The Morgan fingerprint density at radius 1 is 1.11 bits per heavy atom.